The number of carbonyl (C=O) groups excluding carboxylic acids is 1. The van der Waals surface area contributed by atoms with Gasteiger partial charge in [0.1, 0.15) is 5.75 Å². The Morgan fingerprint density at radius 2 is 1.72 bits per heavy atom. The molecule has 5 heteroatoms. The highest BCUT2D eigenvalue weighted by Gasteiger charge is 2.23. The Kier molecular flexibility index (Phi) is 6.80. The Morgan fingerprint density at radius 3 is 2.55 bits per heavy atom. The molecule has 1 fully saturated rings. The highest BCUT2D eigenvalue weighted by Crippen LogP contribution is 2.35. The third-order valence-electron chi connectivity index (χ3n) is 5.68. The molecule has 0 bridgehead atoms. The number of hydrogen-bond acceptors (Lipinski definition) is 4. The molecule has 5 nitrogen and oxygen atoms in total. The standard InChI is InChI=1S/C24H29NO4/c26-24(15-20-9-14-28-23-4-2-1-3-22(20)23)25-16-18-5-7-19(8-6-18)17-29-21-10-12-27-13-11-21/h1-8,20-21H,9-17H2,(H,25,26). The zero-order chi connectivity index (χ0) is 19.9. The van der Waals surface area contributed by atoms with Crippen LogP contribution in [0.15, 0.2) is 48.5 Å². The van der Waals surface area contributed by atoms with E-state index in [0.717, 1.165) is 54.9 Å². The van der Waals surface area contributed by atoms with Gasteiger partial charge >= 0.3 is 0 Å². The molecule has 1 saturated heterocycles. The van der Waals surface area contributed by atoms with Crippen molar-refractivity contribution >= 4 is 5.91 Å². The third kappa shape index (κ3) is 5.58. The topological polar surface area (TPSA) is 56.8 Å². The number of ether oxygens (including phenoxy) is 3. The van der Waals surface area contributed by atoms with Crippen LogP contribution in [0.3, 0.4) is 0 Å². The lowest BCUT2D eigenvalue weighted by molar-refractivity contribution is -0.121. The summed E-state index contributed by atoms with van der Waals surface area (Å²) in [4.78, 5) is 12.5. The second-order valence-corrected chi connectivity index (χ2v) is 7.79. The van der Waals surface area contributed by atoms with E-state index >= 15 is 0 Å². The van der Waals surface area contributed by atoms with Crippen molar-refractivity contribution in [3.63, 3.8) is 0 Å². The molecule has 1 atom stereocenters. The van der Waals surface area contributed by atoms with Gasteiger partial charge in [0.2, 0.25) is 5.91 Å². The van der Waals surface area contributed by atoms with Crippen molar-refractivity contribution in [3.8, 4) is 5.75 Å². The van der Waals surface area contributed by atoms with Crippen molar-refractivity contribution in [1.29, 1.82) is 0 Å². The molecule has 2 aliphatic rings. The van der Waals surface area contributed by atoms with Gasteiger partial charge in [0.25, 0.3) is 0 Å². The van der Waals surface area contributed by atoms with Crippen LogP contribution in [0.4, 0.5) is 0 Å². The third-order valence-corrected chi connectivity index (χ3v) is 5.68. The monoisotopic (exact) mass is 395 g/mol. The molecule has 0 radical (unpaired) electrons. The average Bonchev–Trinajstić information content (AvgIpc) is 2.78. The molecule has 154 valence electrons. The van der Waals surface area contributed by atoms with Gasteiger partial charge in [0.15, 0.2) is 0 Å². The predicted octanol–water partition coefficient (Wildman–Crippen LogP) is 3.95. The highest BCUT2D eigenvalue weighted by molar-refractivity contribution is 5.77. The lowest BCUT2D eigenvalue weighted by atomic mass is 9.90. The summed E-state index contributed by atoms with van der Waals surface area (Å²) in [5.41, 5.74) is 3.40. The lowest BCUT2D eigenvalue weighted by Crippen LogP contribution is -2.26. The van der Waals surface area contributed by atoms with E-state index in [1.54, 1.807) is 0 Å². The second-order valence-electron chi connectivity index (χ2n) is 7.79. The Hall–Kier alpha value is -2.37. The summed E-state index contributed by atoms with van der Waals surface area (Å²) in [6.07, 6.45) is 3.63. The molecule has 0 spiro atoms. The zero-order valence-corrected chi connectivity index (χ0v) is 16.8. The van der Waals surface area contributed by atoms with Gasteiger partial charge in [0, 0.05) is 26.2 Å². The number of para-hydroxylation sites is 1. The predicted molar refractivity (Wildman–Crippen MR) is 111 cm³/mol. The molecule has 2 aromatic rings. The summed E-state index contributed by atoms with van der Waals surface area (Å²) in [6, 6.07) is 16.3. The van der Waals surface area contributed by atoms with Crippen molar-refractivity contribution < 1.29 is 19.0 Å². The minimum Gasteiger partial charge on any atom is -0.493 e. The number of amides is 1. The average molecular weight is 395 g/mol. The normalized spacial score (nSPS) is 19.2. The lowest BCUT2D eigenvalue weighted by Gasteiger charge is -2.25. The maximum absolute atomic E-state index is 12.5. The number of fused-ring (bicyclic) bond motifs is 1. The number of nitrogens with one attached hydrogen (secondary N) is 1. The van der Waals surface area contributed by atoms with Crippen LogP contribution in [0, 0.1) is 0 Å². The van der Waals surface area contributed by atoms with Crippen LogP contribution in [0.2, 0.25) is 0 Å². The van der Waals surface area contributed by atoms with Crippen molar-refractivity contribution in [2.24, 2.45) is 0 Å². The Morgan fingerprint density at radius 1 is 0.966 bits per heavy atom. The highest BCUT2D eigenvalue weighted by atomic mass is 16.5. The maximum atomic E-state index is 12.5. The molecule has 1 unspecified atom stereocenters. The van der Waals surface area contributed by atoms with Crippen LogP contribution in [-0.4, -0.2) is 31.8 Å². The molecule has 29 heavy (non-hydrogen) atoms. The number of hydrogen-bond donors (Lipinski definition) is 1. The van der Waals surface area contributed by atoms with Gasteiger partial charge in [-0.1, -0.05) is 42.5 Å². The molecule has 1 N–H and O–H groups in total. The van der Waals surface area contributed by atoms with Crippen molar-refractivity contribution in [2.45, 2.75) is 50.9 Å². The van der Waals surface area contributed by atoms with E-state index in [4.69, 9.17) is 14.2 Å². The Balaban J connectivity index is 1.22. The van der Waals surface area contributed by atoms with Crippen molar-refractivity contribution in [3.05, 3.63) is 65.2 Å². The summed E-state index contributed by atoms with van der Waals surface area (Å²) < 4.78 is 17.0. The summed E-state index contributed by atoms with van der Waals surface area (Å²) >= 11 is 0. The van der Waals surface area contributed by atoms with Gasteiger partial charge < -0.3 is 19.5 Å². The molecular weight excluding hydrogens is 366 g/mol. The van der Waals surface area contributed by atoms with E-state index in [-0.39, 0.29) is 11.8 Å². The van der Waals surface area contributed by atoms with Gasteiger partial charge in [-0.15, -0.1) is 0 Å². The molecule has 0 saturated carbocycles. The first-order valence-electron chi connectivity index (χ1n) is 10.5. The summed E-state index contributed by atoms with van der Waals surface area (Å²) in [5.74, 6) is 1.22. The summed E-state index contributed by atoms with van der Waals surface area (Å²) in [7, 11) is 0. The van der Waals surface area contributed by atoms with E-state index < -0.39 is 0 Å². The quantitative estimate of drug-likeness (QED) is 0.771. The molecule has 2 aromatic carbocycles. The largest absolute Gasteiger partial charge is 0.493 e. The minimum atomic E-state index is 0.0821. The van der Waals surface area contributed by atoms with Crippen molar-refractivity contribution in [2.75, 3.05) is 19.8 Å². The van der Waals surface area contributed by atoms with E-state index in [2.05, 4.69) is 35.6 Å². The summed E-state index contributed by atoms with van der Waals surface area (Å²) in [5, 5.41) is 3.06. The second kappa shape index (κ2) is 9.90. The van der Waals surface area contributed by atoms with E-state index in [0.29, 0.717) is 32.3 Å². The van der Waals surface area contributed by atoms with Crippen LogP contribution in [-0.2, 0) is 27.4 Å². The fraction of sp³-hybridized carbons (Fsp3) is 0.458. The minimum absolute atomic E-state index is 0.0821. The Bertz CT molecular complexity index is 799. The van der Waals surface area contributed by atoms with E-state index in [1.807, 2.05) is 18.2 Å². The molecule has 0 aliphatic carbocycles. The van der Waals surface area contributed by atoms with Gasteiger partial charge in [-0.2, -0.15) is 0 Å². The van der Waals surface area contributed by atoms with E-state index in [9.17, 15) is 4.79 Å². The van der Waals surface area contributed by atoms with E-state index in [1.165, 1.54) is 0 Å². The Labute approximate surface area is 172 Å². The first-order chi connectivity index (χ1) is 14.3. The van der Waals surface area contributed by atoms with Gasteiger partial charge in [-0.05, 0) is 47.9 Å². The smallest absolute Gasteiger partial charge is 0.220 e. The first-order valence-corrected chi connectivity index (χ1v) is 10.5. The zero-order valence-electron chi connectivity index (χ0n) is 16.8. The van der Waals surface area contributed by atoms with Gasteiger partial charge in [-0.3, -0.25) is 4.79 Å². The molecular formula is C24H29NO4. The van der Waals surface area contributed by atoms with Gasteiger partial charge in [-0.25, -0.2) is 0 Å². The SMILES string of the molecule is O=C(CC1CCOc2ccccc21)NCc1ccc(COC2CCOCC2)cc1. The number of rotatable bonds is 7. The summed E-state index contributed by atoms with van der Waals surface area (Å²) in [6.45, 7) is 3.43. The first kappa shape index (κ1) is 19.9. The van der Waals surface area contributed by atoms with Crippen LogP contribution < -0.4 is 10.1 Å². The van der Waals surface area contributed by atoms with Crippen LogP contribution >= 0.6 is 0 Å². The van der Waals surface area contributed by atoms with Crippen LogP contribution in [0.25, 0.3) is 0 Å². The van der Waals surface area contributed by atoms with Crippen LogP contribution in [0.5, 0.6) is 5.75 Å². The molecule has 4 rings (SSSR count). The molecule has 0 aromatic heterocycles. The molecule has 2 aliphatic heterocycles. The van der Waals surface area contributed by atoms with Crippen molar-refractivity contribution in [1.82, 2.24) is 5.32 Å². The molecule has 1 amide bonds. The maximum Gasteiger partial charge on any atom is 0.220 e. The molecule has 2 heterocycles. The van der Waals surface area contributed by atoms with Crippen LogP contribution in [0.1, 0.15) is 48.3 Å². The number of benzene rings is 2. The fourth-order valence-corrected chi connectivity index (χ4v) is 3.93. The number of carbonyl (C=O) groups is 1. The fourth-order valence-electron chi connectivity index (χ4n) is 3.93. The van der Waals surface area contributed by atoms with Gasteiger partial charge in [0.05, 0.1) is 19.3 Å².